The number of rotatable bonds is 12. The first-order valence-electron chi connectivity index (χ1n) is 23.0. The van der Waals surface area contributed by atoms with Crippen LogP contribution >= 0.6 is 0 Å². The summed E-state index contributed by atoms with van der Waals surface area (Å²) in [5.74, 6) is 2.97. The van der Waals surface area contributed by atoms with Crippen LogP contribution in [0.3, 0.4) is 0 Å². The Kier molecular flexibility index (Phi) is 13.3. The largest absolute Gasteiger partial charge is 0.494 e. The Bertz CT molecular complexity index is 1740. The van der Waals surface area contributed by atoms with Gasteiger partial charge < -0.3 is 19.3 Å². The first-order valence-corrected chi connectivity index (χ1v) is 23.0. The molecule has 10 rings (SSSR count). The number of ether oxygens (including phenoxy) is 2. The summed E-state index contributed by atoms with van der Waals surface area (Å²) in [6, 6.07) is 23.6. The Labute approximate surface area is 347 Å². The summed E-state index contributed by atoms with van der Waals surface area (Å²) >= 11 is 0. The van der Waals surface area contributed by atoms with Crippen LogP contribution in [-0.2, 0) is 0 Å². The van der Waals surface area contributed by atoms with Gasteiger partial charge in [0.2, 0.25) is 0 Å². The highest BCUT2D eigenvalue weighted by Gasteiger charge is 2.38. The summed E-state index contributed by atoms with van der Waals surface area (Å²) in [6.07, 6.45) is 23.3. The molecule has 2 aromatic carbocycles. The fourth-order valence-electron chi connectivity index (χ4n) is 11.0. The van der Waals surface area contributed by atoms with E-state index < -0.39 is 0 Å². The summed E-state index contributed by atoms with van der Waals surface area (Å²) in [7, 11) is 0. The number of hydrogen-bond donors (Lipinski definition) is 0. The second-order valence-corrected chi connectivity index (χ2v) is 17.8. The molecule has 0 aliphatic carbocycles. The molecule has 4 aromatic rings. The zero-order chi connectivity index (χ0) is 38.9. The van der Waals surface area contributed by atoms with Crippen molar-refractivity contribution in [1.29, 1.82) is 0 Å². The second kappa shape index (κ2) is 19.5. The topological polar surface area (TPSA) is 57.2 Å². The Morgan fingerprint density at radius 2 is 0.897 bits per heavy atom. The lowest BCUT2D eigenvalue weighted by Gasteiger charge is -2.37. The molecule has 6 aliphatic heterocycles. The van der Waals surface area contributed by atoms with Crippen molar-refractivity contribution in [2.45, 2.75) is 101 Å². The molecule has 0 spiro atoms. The van der Waals surface area contributed by atoms with Gasteiger partial charge in [0.05, 0.1) is 13.2 Å². The Morgan fingerprint density at radius 3 is 1.33 bits per heavy atom. The van der Waals surface area contributed by atoms with Crippen LogP contribution in [0.2, 0.25) is 0 Å². The highest BCUT2D eigenvalue weighted by atomic mass is 16.5. The monoisotopic (exact) mass is 783 g/mol. The van der Waals surface area contributed by atoms with E-state index in [1.165, 1.54) is 150 Å². The molecular weight excluding hydrogens is 717 g/mol. The van der Waals surface area contributed by atoms with Gasteiger partial charge >= 0.3 is 0 Å². The minimum absolute atomic E-state index is 0.440. The van der Waals surface area contributed by atoms with Gasteiger partial charge in [-0.2, -0.15) is 0 Å². The molecule has 2 aromatic heterocycles. The van der Waals surface area contributed by atoms with Gasteiger partial charge in [0.25, 0.3) is 0 Å². The van der Waals surface area contributed by atoms with Gasteiger partial charge in [0.1, 0.15) is 11.5 Å². The maximum atomic E-state index is 6.20. The molecule has 8 heterocycles. The van der Waals surface area contributed by atoms with Gasteiger partial charge in [-0.05, 0) is 185 Å². The molecule has 308 valence electrons. The lowest BCUT2D eigenvalue weighted by Crippen LogP contribution is -2.34. The van der Waals surface area contributed by atoms with E-state index >= 15 is 0 Å². The predicted molar refractivity (Wildman–Crippen MR) is 233 cm³/mol. The second-order valence-electron chi connectivity index (χ2n) is 17.8. The molecule has 8 nitrogen and oxygen atoms in total. The van der Waals surface area contributed by atoms with Gasteiger partial charge in [0.15, 0.2) is 0 Å². The van der Waals surface area contributed by atoms with Crippen molar-refractivity contribution >= 4 is 0 Å². The quantitative estimate of drug-likeness (QED) is 0.132. The summed E-state index contributed by atoms with van der Waals surface area (Å²) in [5.41, 5.74) is 8.71. The molecule has 0 radical (unpaired) electrons. The molecular formula is C50H66N6O2. The number of benzene rings is 2. The highest BCUT2D eigenvalue weighted by molar-refractivity contribution is 5.47. The molecule has 4 saturated heterocycles. The SMILES string of the molecule is c1cc([C@@H]2CN3CCC[C@H]3c3cc(OCCCN4CCCCC4)ccc32)ccn1.c1cc([C@H]2CN3CCC[C@H]3c3cc(OCCCN4CCCCC4)ccc32)ccn1. The van der Waals surface area contributed by atoms with Crippen molar-refractivity contribution in [3.05, 3.63) is 119 Å². The number of piperidine rings is 2. The van der Waals surface area contributed by atoms with E-state index in [2.05, 4.69) is 90.2 Å². The van der Waals surface area contributed by atoms with Crippen LogP contribution in [-0.4, -0.2) is 108 Å². The molecule has 0 N–H and O–H groups in total. The molecule has 58 heavy (non-hydrogen) atoms. The van der Waals surface area contributed by atoms with E-state index in [0.717, 1.165) is 50.6 Å². The van der Waals surface area contributed by atoms with Crippen LogP contribution in [0, 0.1) is 0 Å². The van der Waals surface area contributed by atoms with Crippen LogP contribution in [0.5, 0.6) is 11.5 Å². The first-order chi connectivity index (χ1) is 28.8. The van der Waals surface area contributed by atoms with Gasteiger partial charge in [0, 0.05) is 74.9 Å². The minimum Gasteiger partial charge on any atom is -0.494 e. The Morgan fingerprint density at radius 1 is 0.466 bits per heavy atom. The molecule has 0 unspecified atom stereocenters. The third kappa shape index (κ3) is 9.46. The van der Waals surface area contributed by atoms with Gasteiger partial charge in [-0.15, -0.1) is 0 Å². The maximum Gasteiger partial charge on any atom is 0.119 e. The fourth-order valence-corrected chi connectivity index (χ4v) is 11.0. The zero-order valence-corrected chi connectivity index (χ0v) is 34.9. The summed E-state index contributed by atoms with van der Waals surface area (Å²) in [4.78, 5) is 19.0. The van der Waals surface area contributed by atoms with E-state index in [1.807, 2.05) is 24.8 Å². The van der Waals surface area contributed by atoms with Crippen LogP contribution in [0.1, 0.15) is 134 Å². The minimum atomic E-state index is 0.440. The summed E-state index contributed by atoms with van der Waals surface area (Å²) < 4.78 is 12.4. The van der Waals surface area contributed by atoms with Crippen molar-refractivity contribution in [2.75, 3.05) is 78.7 Å². The fraction of sp³-hybridized carbons (Fsp3) is 0.560. The van der Waals surface area contributed by atoms with Crippen molar-refractivity contribution < 1.29 is 9.47 Å². The van der Waals surface area contributed by atoms with E-state index in [0.29, 0.717) is 23.9 Å². The third-order valence-electron chi connectivity index (χ3n) is 14.0. The standard InChI is InChI=1S/2C25H33N3O/c2*1-2-13-27(14-3-1)15-5-17-29-21-7-8-22-23(18-21)25-6-4-16-28(25)19-24(22)20-9-11-26-12-10-20/h2*7-12,18,24-25H,1-6,13-17,19H2/t24-,25+;24-,25-/m10/s1. The third-order valence-corrected chi connectivity index (χ3v) is 14.0. The number of likely N-dealkylation sites (tertiary alicyclic amines) is 2. The Balaban J connectivity index is 0.000000150. The molecule has 4 atom stereocenters. The number of nitrogens with zero attached hydrogens (tertiary/aromatic N) is 6. The number of pyridine rings is 2. The van der Waals surface area contributed by atoms with E-state index in [9.17, 15) is 0 Å². The lowest BCUT2D eigenvalue weighted by atomic mass is 9.82. The molecule has 6 aliphatic rings. The summed E-state index contributed by atoms with van der Waals surface area (Å²) in [6.45, 7) is 13.7. The molecule has 0 amide bonds. The lowest BCUT2D eigenvalue weighted by molar-refractivity contribution is 0.204. The van der Waals surface area contributed by atoms with Crippen LogP contribution < -0.4 is 9.47 Å². The van der Waals surface area contributed by atoms with Gasteiger partial charge in [-0.1, -0.05) is 25.0 Å². The first kappa shape index (κ1) is 39.6. The smallest absolute Gasteiger partial charge is 0.119 e. The molecule has 0 bridgehead atoms. The summed E-state index contributed by atoms with van der Waals surface area (Å²) in [5, 5.41) is 0. The normalized spacial score (nSPS) is 24.8. The van der Waals surface area contributed by atoms with E-state index in [4.69, 9.17) is 9.47 Å². The number of hydrogen-bond acceptors (Lipinski definition) is 8. The van der Waals surface area contributed by atoms with Crippen molar-refractivity contribution in [1.82, 2.24) is 29.6 Å². The van der Waals surface area contributed by atoms with E-state index in [1.54, 1.807) is 0 Å². The average molecular weight is 783 g/mol. The zero-order valence-electron chi connectivity index (χ0n) is 34.9. The van der Waals surface area contributed by atoms with Crippen LogP contribution in [0.4, 0.5) is 0 Å². The van der Waals surface area contributed by atoms with Gasteiger partial charge in [-0.3, -0.25) is 19.8 Å². The molecule has 4 fully saturated rings. The highest BCUT2D eigenvalue weighted by Crippen LogP contribution is 2.46. The average Bonchev–Trinajstić information content (AvgIpc) is 3.98. The molecule has 8 heteroatoms. The predicted octanol–water partition coefficient (Wildman–Crippen LogP) is 9.24. The van der Waals surface area contributed by atoms with Crippen molar-refractivity contribution in [3.8, 4) is 11.5 Å². The number of aromatic nitrogens is 2. The van der Waals surface area contributed by atoms with E-state index in [-0.39, 0.29) is 0 Å². The Hall–Kier alpha value is -3.82. The van der Waals surface area contributed by atoms with Crippen molar-refractivity contribution in [2.24, 2.45) is 0 Å². The van der Waals surface area contributed by atoms with Crippen LogP contribution in [0.15, 0.2) is 85.5 Å². The van der Waals surface area contributed by atoms with Crippen LogP contribution in [0.25, 0.3) is 0 Å². The number of fused-ring (bicyclic) bond motifs is 6. The molecule has 0 saturated carbocycles. The van der Waals surface area contributed by atoms with Gasteiger partial charge in [-0.25, -0.2) is 0 Å². The maximum absolute atomic E-state index is 6.20. The van der Waals surface area contributed by atoms with Crippen molar-refractivity contribution in [3.63, 3.8) is 0 Å².